The Morgan fingerprint density at radius 3 is 2.74 bits per heavy atom. The Kier molecular flexibility index (Phi) is 4.97. The monoisotopic (exact) mass is 366 g/mol. The number of nitrogens with zero attached hydrogens (tertiary/aromatic N) is 4. The van der Waals surface area contributed by atoms with Crippen molar-refractivity contribution in [3.63, 3.8) is 0 Å². The second-order valence-electron chi connectivity index (χ2n) is 7.65. The van der Waals surface area contributed by atoms with E-state index in [1.54, 1.807) is 19.5 Å². The van der Waals surface area contributed by atoms with Gasteiger partial charge >= 0.3 is 0 Å². The molecule has 2 aliphatic rings. The van der Waals surface area contributed by atoms with Gasteiger partial charge in [-0.3, -0.25) is 4.79 Å². The zero-order chi connectivity index (χ0) is 18.7. The standard InChI is InChI=1S/C21H26N4O2/c1-27-20-19(22-11-12-23-20)24-13-5-9-21(15-24)10-8-18(26)25(16-21)14-17-6-3-2-4-7-17/h2-4,6-7,11-12H,5,8-10,13-16H2,1H3/t21-/m0/s1. The highest BCUT2D eigenvalue weighted by atomic mass is 16.5. The van der Waals surface area contributed by atoms with E-state index in [4.69, 9.17) is 4.74 Å². The minimum absolute atomic E-state index is 0.115. The zero-order valence-electron chi connectivity index (χ0n) is 15.8. The Morgan fingerprint density at radius 2 is 1.93 bits per heavy atom. The Hall–Kier alpha value is -2.63. The summed E-state index contributed by atoms with van der Waals surface area (Å²) >= 11 is 0. The first kappa shape index (κ1) is 17.8. The number of methoxy groups -OCH3 is 1. The summed E-state index contributed by atoms with van der Waals surface area (Å²) in [4.78, 5) is 25.7. The lowest BCUT2D eigenvalue weighted by Gasteiger charge is -2.48. The molecule has 2 fully saturated rings. The maximum atomic E-state index is 12.5. The van der Waals surface area contributed by atoms with Crippen molar-refractivity contribution >= 4 is 11.7 Å². The molecule has 0 N–H and O–H groups in total. The van der Waals surface area contributed by atoms with Gasteiger partial charge in [0.2, 0.25) is 5.91 Å². The lowest BCUT2D eigenvalue weighted by Crippen LogP contribution is -2.54. The number of likely N-dealkylation sites (tertiary alicyclic amines) is 1. The summed E-state index contributed by atoms with van der Waals surface area (Å²) in [6.07, 6.45) is 7.17. The minimum atomic E-state index is 0.115. The highest BCUT2D eigenvalue weighted by molar-refractivity contribution is 5.77. The molecule has 27 heavy (non-hydrogen) atoms. The summed E-state index contributed by atoms with van der Waals surface area (Å²) in [6.45, 7) is 3.33. The minimum Gasteiger partial charge on any atom is -0.478 e. The summed E-state index contributed by atoms with van der Waals surface area (Å²) in [5.41, 5.74) is 1.30. The van der Waals surface area contributed by atoms with Gasteiger partial charge in [-0.05, 0) is 24.8 Å². The van der Waals surface area contributed by atoms with Crippen LogP contribution in [0.5, 0.6) is 5.88 Å². The van der Waals surface area contributed by atoms with Gasteiger partial charge in [0.1, 0.15) is 0 Å². The molecule has 2 saturated heterocycles. The van der Waals surface area contributed by atoms with Crippen molar-refractivity contribution < 1.29 is 9.53 Å². The molecule has 0 unspecified atom stereocenters. The first-order valence-corrected chi connectivity index (χ1v) is 9.61. The Morgan fingerprint density at radius 1 is 1.11 bits per heavy atom. The van der Waals surface area contributed by atoms with Gasteiger partial charge < -0.3 is 14.5 Å². The van der Waals surface area contributed by atoms with E-state index in [-0.39, 0.29) is 11.3 Å². The van der Waals surface area contributed by atoms with Crippen LogP contribution in [0.15, 0.2) is 42.7 Å². The second-order valence-corrected chi connectivity index (χ2v) is 7.65. The third-order valence-electron chi connectivity index (χ3n) is 5.77. The van der Waals surface area contributed by atoms with Crippen LogP contribution in [0.4, 0.5) is 5.82 Å². The topological polar surface area (TPSA) is 58.6 Å². The highest BCUT2D eigenvalue weighted by Gasteiger charge is 2.42. The van der Waals surface area contributed by atoms with Crippen molar-refractivity contribution in [1.29, 1.82) is 0 Å². The first-order valence-electron chi connectivity index (χ1n) is 9.61. The Bertz CT molecular complexity index is 798. The van der Waals surface area contributed by atoms with Crippen LogP contribution in [0.3, 0.4) is 0 Å². The molecule has 1 amide bonds. The number of aromatic nitrogens is 2. The average molecular weight is 366 g/mol. The molecule has 3 heterocycles. The van der Waals surface area contributed by atoms with E-state index in [9.17, 15) is 4.79 Å². The van der Waals surface area contributed by atoms with Gasteiger partial charge in [-0.15, -0.1) is 0 Å². The van der Waals surface area contributed by atoms with Crippen LogP contribution in [0, 0.1) is 5.41 Å². The number of anilines is 1. The maximum absolute atomic E-state index is 12.5. The lowest BCUT2D eigenvalue weighted by atomic mass is 9.73. The summed E-state index contributed by atoms with van der Waals surface area (Å²) < 4.78 is 5.41. The zero-order valence-corrected chi connectivity index (χ0v) is 15.8. The van der Waals surface area contributed by atoms with Crippen LogP contribution >= 0.6 is 0 Å². The first-order chi connectivity index (χ1) is 13.2. The van der Waals surface area contributed by atoms with E-state index in [1.807, 2.05) is 23.1 Å². The fourth-order valence-corrected chi connectivity index (χ4v) is 4.45. The van der Waals surface area contributed by atoms with Crippen molar-refractivity contribution in [2.75, 3.05) is 31.6 Å². The van der Waals surface area contributed by atoms with Gasteiger partial charge in [0.15, 0.2) is 5.82 Å². The number of benzene rings is 1. The summed E-state index contributed by atoms with van der Waals surface area (Å²) in [5.74, 6) is 1.65. The second kappa shape index (κ2) is 7.55. The van der Waals surface area contributed by atoms with Gasteiger partial charge in [0, 0.05) is 50.4 Å². The molecule has 1 atom stereocenters. The molecule has 6 nitrogen and oxygen atoms in total. The van der Waals surface area contributed by atoms with Gasteiger partial charge in [-0.1, -0.05) is 30.3 Å². The molecule has 0 saturated carbocycles. The molecule has 1 spiro atoms. The highest BCUT2D eigenvalue weighted by Crippen LogP contribution is 2.41. The van der Waals surface area contributed by atoms with E-state index in [1.165, 1.54) is 5.56 Å². The van der Waals surface area contributed by atoms with Crippen molar-refractivity contribution in [3.8, 4) is 5.88 Å². The Balaban J connectivity index is 1.52. The molecule has 2 aliphatic heterocycles. The summed E-state index contributed by atoms with van der Waals surface area (Å²) in [5, 5.41) is 0. The molecular weight excluding hydrogens is 340 g/mol. The largest absolute Gasteiger partial charge is 0.478 e. The quantitative estimate of drug-likeness (QED) is 0.833. The molecule has 0 radical (unpaired) electrons. The molecule has 142 valence electrons. The third kappa shape index (κ3) is 3.75. The van der Waals surface area contributed by atoms with Gasteiger partial charge in [-0.2, -0.15) is 0 Å². The van der Waals surface area contributed by atoms with Crippen LogP contribution < -0.4 is 9.64 Å². The number of ether oxygens (including phenoxy) is 1. The molecule has 4 rings (SSSR count). The third-order valence-corrected chi connectivity index (χ3v) is 5.77. The van der Waals surface area contributed by atoms with E-state index in [0.29, 0.717) is 18.8 Å². The fraction of sp³-hybridized carbons (Fsp3) is 0.476. The van der Waals surface area contributed by atoms with Crippen LogP contribution in [-0.4, -0.2) is 47.5 Å². The fourth-order valence-electron chi connectivity index (χ4n) is 4.45. The van der Waals surface area contributed by atoms with Crippen LogP contribution in [0.2, 0.25) is 0 Å². The normalized spacial score (nSPS) is 22.9. The van der Waals surface area contributed by atoms with Crippen molar-refractivity contribution in [2.45, 2.75) is 32.2 Å². The van der Waals surface area contributed by atoms with Crippen molar-refractivity contribution in [2.24, 2.45) is 5.41 Å². The SMILES string of the molecule is COc1nccnc1N1CCC[C@]2(CCC(=O)N(Cc3ccccc3)C2)C1. The van der Waals surface area contributed by atoms with Gasteiger partial charge in [0.25, 0.3) is 5.88 Å². The molecule has 1 aromatic heterocycles. The Labute approximate surface area is 160 Å². The number of hydrogen-bond acceptors (Lipinski definition) is 5. The lowest BCUT2D eigenvalue weighted by molar-refractivity contribution is -0.138. The molecule has 2 aromatic rings. The molecule has 0 aliphatic carbocycles. The summed E-state index contributed by atoms with van der Waals surface area (Å²) in [6, 6.07) is 10.2. The van der Waals surface area contributed by atoms with Crippen LogP contribution in [0.25, 0.3) is 0 Å². The number of carbonyl (C=O) groups excluding carboxylic acids is 1. The predicted octanol–water partition coefficient (Wildman–Crippen LogP) is 2.89. The van der Waals surface area contributed by atoms with E-state index >= 15 is 0 Å². The smallest absolute Gasteiger partial charge is 0.257 e. The van der Waals surface area contributed by atoms with E-state index < -0.39 is 0 Å². The van der Waals surface area contributed by atoms with E-state index in [0.717, 1.165) is 44.7 Å². The predicted molar refractivity (Wildman–Crippen MR) is 104 cm³/mol. The molecule has 1 aromatic carbocycles. The number of rotatable bonds is 4. The maximum Gasteiger partial charge on any atom is 0.257 e. The van der Waals surface area contributed by atoms with Crippen LogP contribution in [-0.2, 0) is 11.3 Å². The number of hydrogen-bond donors (Lipinski definition) is 0. The van der Waals surface area contributed by atoms with Crippen molar-refractivity contribution in [3.05, 3.63) is 48.3 Å². The van der Waals surface area contributed by atoms with E-state index in [2.05, 4.69) is 27.0 Å². The molecule has 6 heteroatoms. The number of piperidine rings is 2. The average Bonchev–Trinajstić information content (AvgIpc) is 2.72. The number of carbonyl (C=O) groups is 1. The van der Waals surface area contributed by atoms with Gasteiger partial charge in [-0.25, -0.2) is 9.97 Å². The van der Waals surface area contributed by atoms with Gasteiger partial charge in [0.05, 0.1) is 7.11 Å². The van der Waals surface area contributed by atoms with Crippen LogP contribution in [0.1, 0.15) is 31.2 Å². The molecule has 0 bridgehead atoms. The number of amides is 1. The summed E-state index contributed by atoms with van der Waals surface area (Å²) in [7, 11) is 1.63. The van der Waals surface area contributed by atoms with Crippen molar-refractivity contribution in [1.82, 2.24) is 14.9 Å². The molecular formula is C21H26N4O2.